The van der Waals surface area contributed by atoms with Gasteiger partial charge in [-0.2, -0.15) is 9.19 Å². The number of hydrogen-bond acceptors (Lipinski definition) is 11. The summed E-state index contributed by atoms with van der Waals surface area (Å²) in [6.07, 6.45) is 9.52. The van der Waals surface area contributed by atoms with Gasteiger partial charge in [0.25, 0.3) is 15.9 Å². The molecule has 2 aliphatic heterocycles. The molecular weight excluding hydrogens is 645 g/mol. The van der Waals surface area contributed by atoms with Crippen molar-refractivity contribution >= 4 is 33.3 Å². The zero-order valence-corrected chi connectivity index (χ0v) is 28.0. The summed E-state index contributed by atoms with van der Waals surface area (Å²) in [5, 5.41) is 27.3. The van der Waals surface area contributed by atoms with Crippen molar-refractivity contribution in [2.75, 3.05) is 36.4 Å². The number of nitrogens with one attached hydrogen (secondary N) is 1. The molecule has 1 aliphatic carbocycles. The molecule has 3 aliphatic rings. The van der Waals surface area contributed by atoms with E-state index in [4.69, 9.17) is 0 Å². The maximum atomic E-state index is 12.9. The fourth-order valence-electron chi connectivity index (χ4n) is 5.96. The maximum Gasteiger partial charge on any atom is 0.256 e. The molecule has 14 heteroatoms. The molecule has 3 fully saturated rings. The summed E-state index contributed by atoms with van der Waals surface area (Å²) in [5.41, 5.74) is 2.67. The molecule has 0 atom stereocenters. The molecule has 0 radical (unpaired) electrons. The molecule has 1 amide bonds. The van der Waals surface area contributed by atoms with Gasteiger partial charge in [0.2, 0.25) is 0 Å². The van der Waals surface area contributed by atoms with Gasteiger partial charge in [-0.15, -0.1) is 0 Å². The normalized spacial score (nSPS) is 18.1. The van der Waals surface area contributed by atoms with Gasteiger partial charge in [0.05, 0.1) is 46.2 Å². The lowest BCUT2D eigenvalue weighted by Crippen LogP contribution is -2.42. The van der Waals surface area contributed by atoms with E-state index in [0.717, 1.165) is 15.3 Å². The van der Waals surface area contributed by atoms with Crippen molar-refractivity contribution in [3.63, 3.8) is 0 Å². The topological polar surface area (TPSA) is 167 Å². The number of benzene rings is 1. The number of likely N-dealkylation sites (tertiary alicyclic amines) is 1. The third-order valence-corrected chi connectivity index (χ3v) is 11.3. The molecule has 0 unspecified atom stereocenters. The van der Waals surface area contributed by atoms with Crippen molar-refractivity contribution in [2.45, 2.75) is 62.4 Å². The van der Waals surface area contributed by atoms with Crippen LogP contribution >= 0.6 is 0 Å². The second kappa shape index (κ2) is 13.2. The first-order chi connectivity index (χ1) is 23.5. The average molecular weight is 683 g/mol. The number of piperidine rings is 2. The van der Waals surface area contributed by atoms with Crippen molar-refractivity contribution < 1.29 is 23.4 Å². The first kappa shape index (κ1) is 32.7. The van der Waals surface area contributed by atoms with Crippen LogP contribution in [0.5, 0.6) is 0 Å². The standard InChI is InChI=1S/C35H38N8O5S/c1-35(46)13-18-41(19-14-35)30-20-32(39-31-10-15-36-33(40-31)27-22-38-43(23-27)49(47,48)29-8-9-29)37-21-26(30)7-4-24-2-5-25(6-3-24)34(45)42-16-11-28(44)12-17-42/h2-3,5-6,10,15,20-23,28-29,44,46H,8-9,11-14,16-19H2,1H3,(H,36,37,39,40). The summed E-state index contributed by atoms with van der Waals surface area (Å²) in [7, 11) is -3.50. The highest BCUT2D eigenvalue weighted by molar-refractivity contribution is 7.90. The minimum absolute atomic E-state index is 0.0469. The third kappa shape index (κ3) is 7.44. The van der Waals surface area contributed by atoms with Crippen molar-refractivity contribution in [3.05, 3.63) is 77.9 Å². The monoisotopic (exact) mass is 682 g/mol. The van der Waals surface area contributed by atoms with E-state index >= 15 is 0 Å². The zero-order chi connectivity index (χ0) is 34.2. The lowest BCUT2D eigenvalue weighted by molar-refractivity contribution is 0.0351. The van der Waals surface area contributed by atoms with E-state index in [-0.39, 0.29) is 17.3 Å². The number of nitrogens with zero attached hydrogens (tertiary/aromatic N) is 7. The molecule has 3 aromatic heterocycles. The predicted octanol–water partition coefficient (Wildman–Crippen LogP) is 3.17. The lowest BCUT2D eigenvalue weighted by atomic mass is 9.93. The molecule has 1 aromatic carbocycles. The van der Waals surface area contributed by atoms with Crippen LogP contribution < -0.4 is 10.2 Å². The summed E-state index contributed by atoms with van der Waals surface area (Å²) in [6.45, 7) is 4.23. The van der Waals surface area contributed by atoms with Gasteiger partial charge in [-0.3, -0.25) is 4.79 Å². The Morgan fingerprint density at radius 3 is 2.41 bits per heavy atom. The van der Waals surface area contributed by atoms with Gasteiger partial charge >= 0.3 is 0 Å². The van der Waals surface area contributed by atoms with Gasteiger partial charge in [0, 0.05) is 55.8 Å². The molecule has 7 rings (SSSR count). The number of aliphatic hydroxyl groups excluding tert-OH is 1. The minimum atomic E-state index is -3.50. The summed E-state index contributed by atoms with van der Waals surface area (Å²) < 4.78 is 26.2. The number of pyridine rings is 1. The maximum absolute atomic E-state index is 12.9. The van der Waals surface area contributed by atoms with Gasteiger partial charge in [-0.1, -0.05) is 11.8 Å². The molecule has 13 nitrogen and oxygen atoms in total. The highest BCUT2D eigenvalue weighted by Gasteiger charge is 2.37. The highest BCUT2D eigenvalue weighted by atomic mass is 32.2. The molecule has 3 N–H and O–H groups in total. The number of anilines is 3. The van der Waals surface area contributed by atoms with Crippen molar-refractivity contribution in [3.8, 4) is 23.2 Å². The van der Waals surface area contributed by atoms with Crippen LogP contribution in [0.1, 0.15) is 66.9 Å². The molecule has 4 aromatic rings. The highest BCUT2D eigenvalue weighted by Crippen LogP contribution is 2.32. The summed E-state index contributed by atoms with van der Waals surface area (Å²) in [5.74, 6) is 7.75. The average Bonchev–Trinajstić information content (AvgIpc) is 3.85. The number of aromatic nitrogens is 5. The van der Waals surface area contributed by atoms with Crippen LogP contribution in [-0.4, -0.2) is 96.7 Å². The van der Waals surface area contributed by atoms with Gasteiger partial charge < -0.3 is 25.3 Å². The van der Waals surface area contributed by atoms with E-state index in [1.807, 2.05) is 25.1 Å². The van der Waals surface area contributed by atoms with Gasteiger partial charge in [0.1, 0.15) is 11.6 Å². The van der Waals surface area contributed by atoms with Crippen LogP contribution in [0, 0.1) is 11.8 Å². The Morgan fingerprint density at radius 1 is 0.959 bits per heavy atom. The lowest BCUT2D eigenvalue weighted by Gasteiger charge is -2.37. The second-order valence-corrected chi connectivity index (χ2v) is 15.2. The van der Waals surface area contributed by atoms with E-state index in [1.54, 1.807) is 35.5 Å². The summed E-state index contributed by atoms with van der Waals surface area (Å²) in [4.78, 5) is 30.4. The molecule has 1 saturated carbocycles. The van der Waals surface area contributed by atoms with Gasteiger partial charge in [-0.25, -0.2) is 23.4 Å². The SMILES string of the molecule is CC1(O)CCN(c2cc(Nc3ccnc(-c4cnn(S(=O)(=O)C5CC5)c4)n3)ncc2C#Cc2ccc(C(=O)N3CCC(O)CC3)cc2)CC1. The first-order valence-electron chi connectivity index (χ1n) is 16.5. The van der Waals surface area contributed by atoms with Crippen LogP contribution in [0.2, 0.25) is 0 Å². The van der Waals surface area contributed by atoms with Crippen LogP contribution in [0.4, 0.5) is 17.3 Å². The quantitative estimate of drug-likeness (QED) is 0.245. The number of aliphatic hydroxyl groups is 2. The molecule has 0 spiro atoms. The van der Waals surface area contributed by atoms with E-state index in [1.165, 1.54) is 12.4 Å². The molecule has 5 heterocycles. The predicted molar refractivity (Wildman–Crippen MR) is 184 cm³/mol. The van der Waals surface area contributed by atoms with Crippen molar-refractivity contribution in [1.29, 1.82) is 0 Å². The number of amides is 1. The summed E-state index contributed by atoms with van der Waals surface area (Å²) >= 11 is 0. The Kier molecular flexibility index (Phi) is 8.82. The minimum Gasteiger partial charge on any atom is -0.393 e. The largest absolute Gasteiger partial charge is 0.393 e. The van der Waals surface area contributed by atoms with Gasteiger partial charge in [-0.05, 0) is 75.8 Å². The van der Waals surface area contributed by atoms with Crippen molar-refractivity contribution in [2.24, 2.45) is 0 Å². The van der Waals surface area contributed by atoms with E-state index in [9.17, 15) is 23.4 Å². The van der Waals surface area contributed by atoms with Crippen LogP contribution in [0.25, 0.3) is 11.4 Å². The summed E-state index contributed by atoms with van der Waals surface area (Å²) in [6, 6.07) is 10.8. The van der Waals surface area contributed by atoms with E-state index < -0.39 is 15.6 Å². The first-order valence-corrected chi connectivity index (χ1v) is 18.0. The van der Waals surface area contributed by atoms with Gasteiger partial charge in [0.15, 0.2) is 5.82 Å². The number of carbonyl (C=O) groups excluding carboxylic acids is 1. The Hall–Kier alpha value is -4.84. The van der Waals surface area contributed by atoms with Crippen molar-refractivity contribution in [1.82, 2.24) is 29.0 Å². The Labute approximate surface area is 285 Å². The number of rotatable bonds is 7. The number of carbonyl (C=O) groups is 1. The molecule has 254 valence electrons. The molecule has 2 saturated heterocycles. The second-order valence-electron chi connectivity index (χ2n) is 13.2. The smallest absolute Gasteiger partial charge is 0.256 e. The third-order valence-electron chi connectivity index (χ3n) is 9.22. The van der Waals surface area contributed by atoms with E-state index in [2.05, 4.69) is 42.1 Å². The number of hydrogen-bond donors (Lipinski definition) is 3. The molecule has 0 bridgehead atoms. The molecule has 49 heavy (non-hydrogen) atoms. The fourth-order valence-corrected chi connectivity index (χ4v) is 7.44. The van der Waals surface area contributed by atoms with Crippen LogP contribution in [0.3, 0.4) is 0 Å². The van der Waals surface area contributed by atoms with E-state index in [0.29, 0.717) is 98.9 Å². The zero-order valence-electron chi connectivity index (χ0n) is 27.2. The van der Waals surface area contributed by atoms with Crippen LogP contribution in [-0.2, 0) is 10.0 Å². The molecular formula is C35H38N8O5S. The fraction of sp³-hybridized carbons (Fsp3) is 0.400. The Bertz CT molecular complexity index is 2010. The Morgan fingerprint density at radius 2 is 1.69 bits per heavy atom. The Balaban J connectivity index is 1.11. The van der Waals surface area contributed by atoms with Crippen LogP contribution in [0.15, 0.2) is 61.2 Å².